The second-order valence-electron chi connectivity index (χ2n) is 1.02. The molecule has 0 aliphatic carbocycles. The Morgan fingerprint density at radius 1 is 0.875 bits per heavy atom. The zero-order valence-electron chi connectivity index (χ0n) is 4.15. The minimum Gasteiger partial charge on any atom is -0.269 e. The molecule has 1 rings (SSSR count). The number of halogens is 2. The highest BCUT2D eigenvalue weighted by Crippen LogP contribution is 1.73. The van der Waals surface area contributed by atoms with Crippen molar-refractivity contribution in [1.82, 2.24) is 4.98 Å². The molecule has 0 spiro atoms. The normalized spacial score (nSPS) is 6.00. The van der Waals surface area contributed by atoms with Gasteiger partial charge in [0.25, 0.3) is 0 Å². The van der Waals surface area contributed by atoms with E-state index in [4.69, 9.17) is 0 Å². The predicted molar refractivity (Wildman–Crippen MR) is 42.2 cm³/mol. The summed E-state index contributed by atoms with van der Waals surface area (Å²) in [6.45, 7) is 0. The fourth-order valence-electron chi connectivity index (χ4n) is 0.313. The average molecular weight is 227 g/mol. The third-order valence-corrected chi connectivity index (χ3v) is 0.566. The number of aromatic nitrogens is 1. The van der Waals surface area contributed by atoms with Crippen LogP contribution in [0.2, 0.25) is 0 Å². The van der Waals surface area contributed by atoms with Gasteiger partial charge in [-0.2, -0.15) is 0 Å². The van der Waals surface area contributed by atoms with E-state index in [-0.39, 0.29) is 28.7 Å². The summed E-state index contributed by atoms with van der Waals surface area (Å²) in [6.07, 6.45) is 3.50. The Labute approximate surface area is 64.5 Å². The minimum atomic E-state index is 0. The van der Waals surface area contributed by atoms with Crippen molar-refractivity contribution in [2.24, 2.45) is 0 Å². The van der Waals surface area contributed by atoms with Gasteiger partial charge in [-0.25, -0.2) is 0 Å². The highest BCUT2D eigenvalue weighted by Gasteiger charge is 1.58. The van der Waals surface area contributed by atoms with E-state index in [9.17, 15) is 0 Å². The maximum absolute atomic E-state index is 3.78. The van der Waals surface area contributed by atoms with Gasteiger partial charge in [-0.05, 0) is 12.1 Å². The Hall–Kier alpha value is -0.190. The lowest BCUT2D eigenvalue weighted by Crippen LogP contribution is -1.58. The highest BCUT2D eigenvalue weighted by molar-refractivity contribution is 14.0. The molecule has 1 nitrogen and oxygen atoms in total. The Bertz CT molecular complexity index is 84.4. The molecule has 0 aliphatic heterocycles. The zero-order valence-corrected chi connectivity index (χ0v) is 6.48. The molecule has 0 radical (unpaired) electrons. The van der Waals surface area contributed by atoms with Crippen LogP contribution >= 0.6 is 24.0 Å². The molecule has 46 valence electrons. The summed E-state index contributed by atoms with van der Waals surface area (Å²) < 4.78 is 0. The molecular weight excluding hydrogens is 220 g/mol. The van der Waals surface area contributed by atoms with Crippen LogP contribution in [0.3, 0.4) is 0 Å². The first-order valence-electron chi connectivity index (χ1n) is 1.85. The van der Waals surface area contributed by atoms with Crippen LogP contribution in [0.5, 0.6) is 0 Å². The molecule has 0 saturated heterocycles. The first-order valence-corrected chi connectivity index (χ1v) is 1.85. The molecule has 0 fully saturated rings. The van der Waals surface area contributed by atoms with E-state index in [0.29, 0.717) is 0 Å². The topological polar surface area (TPSA) is 12.9 Å². The van der Waals surface area contributed by atoms with Crippen molar-refractivity contribution in [2.75, 3.05) is 0 Å². The van der Waals surface area contributed by atoms with Crippen molar-refractivity contribution >= 4 is 24.0 Å². The molecule has 0 N–H and O–H groups in total. The summed E-state index contributed by atoms with van der Waals surface area (Å²) in [5, 5.41) is 0. The van der Waals surface area contributed by atoms with Crippen molar-refractivity contribution < 1.29 is 4.70 Å². The fraction of sp³-hybridized carbons (Fsp3) is 0. The van der Waals surface area contributed by atoms with Crippen LogP contribution in [-0.4, -0.2) is 4.98 Å². The van der Waals surface area contributed by atoms with Gasteiger partial charge in [-0.3, -0.25) is 9.69 Å². The number of rotatable bonds is 0. The lowest BCUT2D eigenvalue weighted by Gasteiger charge is -1.70. The average Bonchev–Trinajstić information content (AvgIpc) is 1.72. The third kappa shape index (κ3) is 3.98. The Morgan fingerprint density at radius 2 is 1.38 bits per heavy atom. The quantitative estimate of drug-likeness (QED) is 0.616. The van der Waals surface area contributed by atoms with Gasteiger partial charge in [-0.15, -0.1) is 24.0 Å². The van der Waals surface area contributed by atoms with E-state index in [1.54, 1.807) is 12.4 Å². The fourth-order valence-corrected chi connectivity index (χ4v) is 0.313. The van der Waals surface area contributed by atoms with Crippen molar-refractivity contribution in [3.63, 3.8) is 0 Å². The molecule has 0 amide bonds. The SMILES string of the molecule is F.I.c1ccncc1. The standard InChI is InChI=1S/C5H5N.FH.HI/c1-2-4-6-5-3-1;;/h1-5H;2*1H. The van der Waals surface area contributed by atoms with Crippen molar-refractivity contribution in [2.45, 2.75) is 0 Å². The van der Waals surface area contributed by atoms with Crippen LogP contribution in [0.25, 0.3) is 0 Å². The Morgan fingerprint density at radius 3 is 1.50 bits per heavy atom. The molecular formula is C5H7FIN. The molecule has 1 aromatic rings. The smallest absolute Gasteiger partial charge is 0.0267 e. The van der Waals surface area contributed by atoms with E-state index in [1.807, 2.05) is 18.2 Å². The van der Waals surface area contributed by atoms with Crippen LogP contribution in [0.4, 0.5) is 4.70 Å². The largest absolute Gasteiger partial charge is 0.269 e. The predicted octanol–water partition coefficient (Wildman–Crippen LogP) is 1.85. The summed E-state index contributed by atoms with van der Waals surface area (Å²) >= 11 is 0. The molecule has 0 aromatic carbocycles. The lowest BCUT2D eigenvalue weighted by atomic mass is 10.5. The molecule has 1 aromatic heterocycles. The first-order chi connectivity index (χ1) is 3.00. The molecule has 0 unspecified atom stereocenters. The maximum atomic E-state index is 3.78. The van der Waals surface area contributed by atoms with Gasteiger partial charge in [0.2, 0.25) is 0 Å². The van der Waals surface area contributed by atoms with E-state index in [1.165, 1.54) is 0 Å². The number of nitrogens with zero attached hydrogens (tertiary/aromatic N) is 1. The van der Waals surface area contributed by atoms with Gasteiger partial charge in [0.05, 0.1) is 0 Å². The van der Waals surface area contributed by atoms with Crippen LogP contribution in [0.1, 0.15) is 0 Å². The summed E-state index contributed by atoms with van der Waals surface area (Å²) in [6, 6.07) is 5.72. The molecule has 1 heterocycles. The number of pyridine rings is 1. The second kappa shape index (κ2) is 6.81. The van der Waals surface area contributed by atoms with Gasteiger partial charge in [-0.1, -0.05) is 6.07 Å². The summed E-state index contributed by atoms with van der Waals surface area (Å²) in [7, 11) is 0. The van der Waals surface area contributed by atoms with Gasteiger partial charge >= 0.3 is 0 Å². The van der Waals surface area contributed by atoms with Crippen molar-refractivity contribution in [3.8, 4) is 0 Å². The van der Waals surface area contributed by atoms with E-state index in [2.05, 4.69) is 4.98 Å². The highest BCUT2D eigenvalue weighted by atomic mass is 127. The van der Waals surface area contributed by atoms with Gasteiger partial charge < -0.3 is 0 Å². The van der Waals surface area contributed by atoms with Gasteiger partial charge in [0.1, 0.15) is 0 Å². The molecule has 0 aliphatic rings. The molecule has 8 heavy (non-hydrogen) atoms. The van der Waals surface area contributed by atoms with Gasteiger partial charge in [0.15, 0.2) is 0 Å². The minimum absolute atomic E-state index is 0. The van der Waals surface area contributed by atoms with Crippen LogP contribution in [0, 0.1) is 0 Å². The molecule has 0 saturated carbocycles. The van der Waals surface area contributed by atoms with E-state index in [0.717, 1.165) is 0 Å². The molecule has 0 atom stereocenters. The van der Waals surface area contributed by atoms with Gasteiger partial charge in [0, 0.05) is 12.4 Å². The van der Waals surface area contributed by atoms with Crippen molar-refractivity contribution in [3.05, 3.63) is 30.6 Å². The van der Waals surface area contributed by atoms with E-state index < -0.39 is 0 Å². The number of hydrogen-bond donors (Lipinski definition) is 0. The Kier molecular flexibility index (Phi) is 9.13. The molecule has 0 bridgehead atoms. The van der Waals surface area contributed by atoms with Crippen LogP contribution < -0.4 is 0 Å². The van der Waals surface area contributed by atoms with Crippen LogP contribution in [0.15, 0.2) is 30.6 Å². The summed E-state index contributed by atoms with van der Waals surface area (Å²) in [4.78, 5) is 3.78. The zero-order chi connectivity index (χ0) is 4.24. The number of hydrogen-bond acceptors (Lipinski definition) is 1. The summed E-state index contributed by atoms with van der Waals surface area (Å²) in [5.74, 6) is 0. The van der Waals surface area contributed by atoms with Crippen LogP contribution in [-0.2, 0) is 0 Å². The first kappa shape index (κ1) is 10.7. The summed E-state index contributed by atoms with van der Waals surface area (Å²) in [5.41, 5.74) is 0. The van der Waals surface area contributed by atoms with E-state index >= 15 is 0 Å². The monoisotopic (exact) mass is 227 g/mol. The van der Waals surface area contributed by atoms with Crippen molar-refractivity contribution in [1.29, 1.82) is 0 Å². The second-order valence-corrected chi connectivity index (χ2v) is 1.02. The lowest BCUT2D eigenvalue weighted by molar-refractivity contribution is 1.11. The maximum Gasteiger partial charge on any atom is 0.0267 e. The third-order valence-electron chi connectivity index (χ3n) is 0.566. The Balaban J connectivity index is 0. The molecule has 3 heteroatoms.